The number of ether oxygens (including phenoxy) is 3. The number of hydrogen-bond acceptors (Lipinski definition) is 8. The van der Waals surface area contributed by atoms with Crippen LogP contribution in [0.15, 0.2) is 42.7 Å². The van der Waals surface area contributed by atoms with Crippen molar-refractivity contribution in [2.24, 2.45) is 0 Å². The van der Waals surface area contributed by atoms with Gasteiger partial charge in [-0.25, -0.2) is 4.98 Å². The highest BCUT2D eigenvalue weighted by Crippen LogP contribution is 2.35. The van der Waals surface area contributed by atoms with Gasteiger partial charge in [0.05, 0.1) is 18.4 Å². The summed E-state index contributed by atoms with van der Waals surface area (Å²) >= 11 is 0. The molecule has 3 atom stereocenters. The summed E-state index contributed by atoms with van der Waals surface area (Å²) in [5.41, 5.74) is -0.214. The summed E-state index contributed by atoms with van der Waals surface area (Å²) in [6, 6.07) is 8.80. The molecule has 1 aromatic heterocycles. The van der Waals surface area contributed by atoms with Gasteiger partial charge in [-0.05, 0) is 32.3 Å². The van der Waals surface area contributed by atoms with Gasteiger partial charge in [0, 0.05) is 25.9 Å². The lowest BCUT2D eigenvalue weighted by Crippen LogP contribution is -2.58. The van der Waals surface area contributed by atoms with Crippen molar-refractivity contribution in [2.75, 3.05) is 18.4 Å². The minimum absolute atomic E-state index is 0.0693. The first kappa shape index (κ1) is 27.8. The normalized spacial score (nSPS) is 22.6. The number of halogens is 3. The molecule has 2 saturated heterocycles. The van der Waals surface area contributed by atoms with Crippen molar-refractivity contribution in [3.8, 4) is 0 Å². The highest BCUT2D eigenvalue weighted by molar-refractivity contribution is 5.76. The van der Waals surface area contributed by atoms with Crippen molar-refractivity contribution in [1.82, 2.24) is 14.9 Å². The van der Waals surface area contributed by atoms with Gasteiger partial charge < -0.3 is 24.4 Å². The molecule has 9 nitrogen and oxygen atoms in total. The van der Waals surface area contributed by atoms with Crippen molar-refractivity contribution in [3.05, 3.63) is 54.0 Å². The Hall–Kier alpha value is -3.25. The molecule has 2 fully saturated rings. The standard InChI is InChI=1S/C26H31F3N4O5/c1-25(2)37-19-15-33(22(34)10-6-7-11-23(35)36-16-17-8-4-3-5-9-17)14-18(24(19)38-25)31-21-13-30-12-20(32-21)26(27,28)29/h3-5,8-9,12-13,18-19,24H,6-7,10-11,14-16H2,1-2H3,(H,31,32)/t18-,19-,24+/m0/s1. The van der Waals surface area contributed by atoms with Gasteiger partial charge in [0.1, 0.15) is 24.6 Å². The fraction of sp³-hybridized carbons (Fsp3) is 0.538. The average Bonchev–Trinajstić information content (AvgIpc) is 3.19. The van der Waals surface area contributed by atoms with Crippen LogP contribution in [0, 0.1) is 0 Å². The van der Waals surface area contributed by atoms with Gasteiger partial charge >= 0.3 is 12.1 Å². The van der Waals surface area contributed by atoms with Gasteiger partial charge in [0.2, 0.25) is 5.91 Å². The second-order valence-corrected chi connectivity index (χ2v) is 9.83. The van der Waals surface area contributed by atoms with Crippen LogP contribution in [0.25, 0.3) is 0 Å². The largest absolute Gasteiger partial charge is 0.461 e. The smallest absolute Gasteiger partial charge is 0.434 e. The number of alkyl halides is 3. The molecule has 0 saturated carbocycles. The van der Waals surface area contributed by atoms with Crippen LogP contribution in [0.2, 0.25) is 0 Å². The summed E-state index contributed by atoms with van der Waals surface area (Å²) in [6.45, 7) is 4.18. The quantitative estimate of drug-likeness (QED) is 0.380. The fourth-order valence-electron chi connectivity index (χ4n) is 4.59. The van der Waals surface area contributed by atoms with Crippen LogP contribution < -0.4 is 5.32 Å². The van der Waals surface area contributed by atoms with Crippen molar-refractivity contribution >= 4 is 17.7 Å². The lowest BCUT2D eigenvalue weighted by Gasteiger charge is -2.39. The number of nitrogens with zero attached hydrogens (tertiary/aromatic N) is 3. The molecular formula is C26H31F3N4O5. The third-order valence-corrected chi connectivity index (χ3v) is 6.31. The van der Waals surface area contributed by atoms with Crippen molar-refractivity contribution < 1.29 is 37.0 Å². The van der Waals surface area contributed by atoms with Gasteiger partial charge in [0.25, 0.3) is 0 Å². The molecular weight excluding hydrogens is 505 g/mol. The number of carbonyl (C=O) groups is 2. The maximum absolute atomic E-state index is 13.1. The summed E-state index contributed by atoms with van der Waals surface area (Å²) in [7, 11) is 0. The highest BCUT2D eigenvalue weighted by atomic mass is 19.4. The number of likely N-dealkylation sites (tertiary alicyclic amines) is 1. The summed E-state index contributed by atoms with van der Waals surface area (Å²) in [6.07, 6.45) is -2.35. The molecule has 4 rings (SSSR count). The lowest BCUT2D eigenvalue weighted by atomic mass is 9.98. The molecule has 12 heteroatoms. The maximum Gasteiger partial charge on any atom is 0.434 e. The van der Waals surface area contributed by atoms with E-state index < -0.39 is 35.9 Å². The Morgan fingerprint density at radius 2 is 1.84 bits per heavy atom. The van der Waals surface area contributed by atoms with E-state index in [0.717, 1.165) is 5.56 Å². The Morgan fingerprint density at radius 1 is 1.11 bits per heavy atom. The average molecular weight is 537 g/mol. The molecule has 0 unspecified atom stereocenters. The molecule has 1 N–H and O–H groups in total. The summed E-state index contributed by atoms with van der Waals surface area (Å²) < 4.78 is 56.5. The number of piperidine rings is 1. The first-order valence-corrected chi connectivity index (χ1v) is 12.5. The first-order valence-electron chi connectivity index (χ1n) is 12.5. The number of benzene rings is 1. The Bertz CT molecular complexity index is 1120. The van der Waals surface area contributed by atoms with Crippen LogP contribution in [0.1, 0.15) is 50.8 Å². The number of nitrogens with one attached hydrogen (secondary N) is 1. The third kappa shape index (κ3) is 7.41. The topological polar surface area (TPSA) is 103 Å². The van der Waals surface area contributed by atoms with Crippen LogP contribution in [0.5, 0.6) is 0 Å². The van der Waals surface area contributed by atoms with Gasteiger partial charge in [-0.1, -0.05) is 30.3 Å². The predicted molar refractivity (Wildman–Crippen MR) is 130 cm³/mol. The lowest BCUT2D eigenvalue weighted by molar-refractivity contribution is -0.147. The highest BCUT2D eigenvalue weighted by Gasteiger charge is 2.50. The van der Waals surface area contributed by atoms with Gasteiger partial charge in [-0.15, -0.1) is 0 Å². The fourth-order valence-corrected chi connectivity index (χ4v) is 4.59. The van der Waals surface area contributed by atoms with E-state index in [1.807, 2.05) is 30.3 Å². The molecule has 2 aliphatic rings. The van der Waals surface area contributed by atoms with Crippen LogP contribution in [-0.4, -0.2) is 63.9 Å². The van der Waals surface area contributed by atoms with E-state index in [1.165, 1.54) is 6.20 Å². The molecule has 0 aliphatic carbocycles. The van der Waals surface area contributed by atoms with E-state index in [1.54, 1.807) is 18.7 Å². The van der Waals surface area contributed by atoms with Crippen LogP contribution in [0.3, 0.4) is 0 Å². The number of amides is 1. The van der Waals surface area contributed by atoms with Crippen molar-refractivity contribution in [2.45, 2.75) is 76.4 Å². The predicted octanol–water partition coefficient (Wildman–Crippen LogP) is 3.94. The van der Waals surface area contributed by atoms with Gasteiger partial charge in [-0.3, -0.25) is 14.6 Å². The second kappa shape index (κ2) is 11.6. The number of carbonyl (C=O) groups excluding carboxylic acids is 2. The number of unbranched alkanes of at least 4 members (excludes halogenated alkanes) is 1. The molecule has 2 aliphatic heterocycles. The summed E-state index contributed by atoms with van der Waals surface area (Å²) in [5, 5.41) is 2.96. The van der Waals surface area contributed by atoms with E-state index >= 15 is 0 Å². The minimum atomic E-state index is -4.63. The summed E-state index contributed by atoms with van der Waals surface area (Å²) in [5.74, 6) is -1.45. The number of hydrogen-bond donors (Lipinski definition) is 1. The Balaban J connectivity index is 1.30. The van der Waals surface area contributed by atoms with Crippen LogP contribution in [-0.2, 0) is 36.6 Å². The zero-order valence-electron chi connectivity index (χ0n) is 21.2. The van der Waals surface area contributed by atoms with Crippen LogP contribution >= 0.6 is 0 Å². The summed E-state index contributed by atoms with van der Waals surface area (Å²) in [4.78, 5) is 33.9. The zero-order valence-corrected chi connectivity index (χ0v) is 21.2. The minimum Gasteiger partial charge on any atom is -0.461 e. The Labute approximate surface area is 218 Å². The van der Waals surface area contributed by atoms with E-state index in [-0.39, 0.29) is 43.7 Å². The SMILES string of the molecule is CC1(C)O[C@@H]2[C@@H](Nc3cncc(C(F)(F)F)n3)CN(C(=O)CCCCC(=O)OCc3ccccc3)C[C@@H]2O1. The van der Waals surface area contributed by atoms with E-state index in [0.29, 0.717) is 25.6 Å². The van der Waals surface area contributed by atoms with Crippen LogP contribution in [0.4, 0.5) is 19.0 Å². The Kier molecular flexibility index (Phi) is 8.51. The number of esters is 1. The molecule has 206 valence electrons. The van der Waals surface area contributed by atoms with Crippen molar-refractivity contribution in [3.63, 3.8) is 0 Å². The second-order valence-electron chi connectivity index (χ2n) is 9.83. The molecule has 0 bridgehead atoms. The van der Waals surface area contributed by atoms with Gasteiger partial charge in [0.15, 0.2) is 11.5 Å². The maximum atomic E-state index is 13.1. The first-order chi connectivity index (χ1) is 18.0. The molecule has 38 heavy (non-hydrogen) atoms. The molecule has 1 amide bonds. The van der Waals surface area contributed by atoms with Crippen molar-refractivity contribution in [1.29, 1.82) is 0 Å². The monoisotopic (exact) mass is 536 g/mol. The number of aromatic nitrogens is 2. The molecule has 0 radical (unpaired) electrons. The molecule has 0 spiro atoms. The zero-order chi connectivity index (χ0) is 27.3. The molecule has 1 aromatic carbocycles. The van der Waals surface area contributed by atoms with E-state index in [4.69, 9.17) is 14.2 Å². The molecule has 3 heterocycles. The van der Waals surface area contributed by atoms with Gasteiger partial charge in [-0.2, -0.15) is 13.2 Å². The number of rotatable bonds is 9. The third-order valence-electron chi connectivity index (χ3n) is 6.31. The molecule has 2 aromatic rings. The van der Waals surface area contributed by atoms with E-state index in [9.17, 15) is 22.8 Å². The number of fused-ring (bicyclic) bond motifs is 1. The van der Waals surface area contributed by atoms with E-state index in [2.05, 4.69) is 15.3 Å². The number of anilines is 1. The Morgan fingerprint density at radius 3 is 2.58 bits per heavy atom.